The highest BCUT2D eigenvalue weighted by Gasteiger charge is 2.13. The van der Waals surface area contributed by atoms with Gasteiger partial charge in [0.05, 0.1) is 6.54 Å². The molecule has 1 heterocycles. The summed E-state index contributed by atoms with van der Waals surface area (Å²) in [5.41, 5.74) is 0.662. The van der Waals surface area contributed by atoms with E-state index in [-0.39, 0.29) is 0 Å². The van der Waals surface area contributed by atoms with Gasteiger partial charge in [0, 0.05) is 18.1 Å². The van der Waals surface area contributed by atoms with Crippen LogP contribution in [0, 0.1) is 0 Å². The van der Waals surface area contributed by atoms with Gasteiger partial charge in [-0.25, -0.2) is 4.79 Å². The topological polar surface area (TPSA) is 52.9 Å². The summed E-state index contributed by atoms with van der Waals surface area (Å²) in [7, 11) is 0. The summed E-state index contributed by atoms with van der Waals surface area (Å²) in [5, 5.41) is 8.53. The van der Waals surface area contributed by atoms with Crippen molar-refractivity contribution < 1.29 is 9.90 Å². The number of rotatable bonds is 0. The van der Waals surface area contributed by atoms with Gasteiger partial charge in [0.1, 0.15) is 0 Å². The molecular formula is C6H8N2O2. The van der Waals surface area contributed by atoms with Crippen LogP contribution in [-0.2, 0) is 0 Å². The minimum atomic E-state index is -0.931. The Morgan fingerprint density at radius 3 is 3.00 bits per heavy atom. The monoisotopic (exact) mass is 140 g/mol. The Balaban J connectivity index is 2.73. The van der Waals surface area contributed by atoms with Crippen LogP contribution < -0.4 is 0 Å². The average Bonchev–Trinajstić information content (AvgIpc) is 1.88. The molecule has 1 aliphatic rings. The molecule has 1 N–H and O–H groups in total. The third-order valence-electron chi connectivity index (χ3n) is 1.29. The largest absolute Gasteiger partial charge is 0.465 e. The fourth-order valence-electron chi connectivity index (χ4n) is 0.732. The normalized spacial score (nSPS) is 16.9. The number of amides is 1. The molecule has 0 aliphatic carbocycles. The van der Waals surface area contributed by atoms with E-state index in [1.807, 2.05) is 0 Å². The molecule has 54 valence electrons. The molecule has 0 aromatic rings. The Hall–Kier alpha value is -1.32. The second kappa shape index (κ2) is 2.51. The van der Waals surface area contributed by atoms with E-state index in [1.165, 1.54) is 11.1 Å². The molecule has 0 unspecified atom stereocenters. The van der Waals surface area contributed by atoms with E-state index < -0.39 is 6.09 Å². The zero-order valence-corrected chi connectivity index (χ0v) is 5.61. The molecule has 4 nitrogen and oxygen atoms in total. The van der Waals surface area contributed by atoms with Crippen LogP contribution in [0.1, 0.15) is 6.92 Å². The molecule has 0 saturated heterocycles. The first kappa shape index (κ1) is 6.80. The lowest BCUT2D eigenvalue weighted by atomic mass is 10.4. The van der Waals surface area contributed by atoms with Gasteiger partial charge in [-0.05, 0) is 6.92 Å². The van der Waals surface area contributed by atoms with E-state index in [2.05, 4.69) is 4.99 Å². The fraction of sp³-hybridized carbons (Fsp3) is 0.333. The molecule has 0 aromatic heterocycles. The maximum Gasteiger partial charge on any atom is 0.411 e. The Labute approximate surface area is 58.5 Å². The van der Waals surface area contributed by atoms with Gasteiger partial charge in [-0.1, -0.05) is 0 Å². The zero-order valence-electron chi connectivity index (χ0n) is 5.61. The van der Waals surface area contributed by atoms with Gasteiger partial charge in [0.2, 0.25) is 0 Å². The van der Waals surface area contributed by atoms with Crippen LogP contribution in [-0.4, -0.2) is 28.9 Å². The maximum atomic E-state index is 10.4. The van der Waals surface area contributed by atoms with Crippen molar-refractivity contribution in [3.05, 3.63) is 11.9 Å². The van der Waals surface area contributed by atoms with Crippen LogP contribution >= 0.6 is 0 Å². The molecule has 0 atom stereocenters. The predicted octanol–water partition coefficient (Wildman–Crippen LogP) is 0.912. The number of hydrogen-bond acceptors (Lipinski definition) is 2. The maximum absolute atomic E-state index is 10.4. The Kier molecular flexibility index (Phi) is 1.71. The third kappa shape index (κ3) is 1.15. The summed E-state index contributed by atoms with van der Waals surface area (Å²) in [6.07, 6.45) is 2.15. The first-order valence-electron chi connectivity index (χ1n) is 2.90. The Bertz CT molecular complexity index is 208. The van der Waals surface area contributed by atoms with Crippen LogP contribution in [0.25, 0.3) is 0 Å². The van der Waals surface area contributed by atoms with E-state index >= 15 is 0 Å². The molecule has 10 heavy (non-hydrogen) atoms. The number of hydrogen-bond donors (Lipinski definition) is 1. The first-order chi connectivity index (χ1) is 4.72. The van der Waals surface area contributed by atoms with Gasteiger partial charge in [0.15, 0.2) is 0 Å². The number of aliphatic imine (C=N–C) groups is 1. The van der Waals surface area contributed by atoms with Crippen molar-refractivity contribution in [3.8, 4) is 0 Å². The minimum Gasteiger partial charge on any atom is -0.465 e. The zero-order chi connectivity index (χ0) is 7.56. The van der Waals surface area contributed by atoms with Gasteiger partial charge in [-0.15, -0.1) is 0 Å². The number of allylic oxidation sites excluding steroid dienone is 1. The summed E-state index contributed by atoms with van der Waals surface area (Å²) in [6, 6.07) is 0. The summed E-state index contributed by atoms with van der Waals surface area (Å²) >= 11 is 0. The fourth-order valence-corrected chi connectivity index (χ4v) is 0.732. The van der Waals surface area contributed by atoms with Crippen LogP contribution in [0.15, 0.2) is 16.9 Å². The van der Waals surface area contributed by atoms with Crippen LogP contribution in [0.5, 0.6) is 0 Å². The van der Waals surface area contributed by atoms with Crippen molar-refractivity contribution >= 4 is 12.3 Å². The van der Waals surface area contributed by atoms with Crippen molar-refractivity contribution in [2.75, 3.05) is 6.54 Å². The highest BCUT2D eigenvalue weighted by atomic mass is 16.4. The summed E-state index contributed by atoms with van der Waals surface area (Å²) in [5.74, 6) is 0. The van der Waals surface area contributed by atoms with E-state index in [4.69, 9.17) is 5.11 Å². The molecule has 0 aromatic carbocycles. The predicted molar refractivity (Wildman–Crippen MR) is 37.0 cm³/mol. The van der Waals surface area contributed by atoms with E-state index in [0.717, 1.165) is 0 Å². The number of carboxylic acid groups (broad SMARTS) is 1. The number of nitrogens with zero attached hydrogens (tertiary/aromatic N) is 2. The summed E-state index contributed by atoms with van der Waals surface area (Å²) in [4.78, 5) is 15.4. The lowest BCUT2D eigenvalue weighted by molar-refractivity contribution is 0.163. The van der Waals surface area contributed by atoms with Gasteiger partial charge in [0.25, 0.3) is 0 Å². The second-order valence-electron chi connectivity index (χ2n) is 2.00. The SMILES string of the molecule is CC1=CN=CCN1C(=O)O. The number of carbonyl (C=O) groups is 1. The smallest absolute Gasteiger partial charge is 0.411 e. The van der Waals surface area contributed by atoms with Crippen LogP contribution in [0.2, 0.25) is 0 Å². The molecule has 1 amide bonds. The van der Waals surface area contributed by atoms with Crippen molar-refractivity contribution in [3.63, 3.8) is 0 Å². The quantitative estimate of drug-likeness (QED) is 0.543. The van der Waals surface area contributed by atoms with Crippen molar-refractivity contribution in [1.82, 2.24) is 4.90 Å². The molecular weight excluding hydrogens is 132 g/mol. The van der Waals surface area contributed by atoms with E-state index in [0.29, 0.717) is 12.2 Å². The highest BCUT2D eigenvalue weighted by molar-refractivity contribution is 5.74. The summed E-state index contributed by atoms with van der Waals surface area (Å²) in [6.45, 7) is 2.07. The molecule has 0 spiro atoms. The van der Waals surface area contributed by atoms with E-state index in [1.54, 1.807) is 13.1 Å². The third-order valence-corrected chi connectivity index (χ3v) is 1.29. The van der Waals surface area contributed by atoms with Crippen LogP contribution in [0.4, 0.5) is 4.79 Å². The molecule has 1 rings (SSSR count). The minimum absolute atomic E-state index is 0.359. The average molecular weight is 140 g/mol. The lowest BCUT2D eigenvalue weighted by Crippen LogP contribution is -2.30. The Morgan fingerprint density at radius 2 is 2.60 bits per heavy atom. The van der Waals surface area contributed by atoms with Gasteiger partial charge in [-0.3, -0.25) is 9.89 Å². The second-order valence-corrected chi connectivity index (χ2v) is 2.00. The van der Waals surface area contributed by atoms with Crippen molar-refractivity contribution in [1.29, 1.82) is 0 Å². The molecule has 0 bridgehead atoms. The lowest BCUT2D eigenvalue weighted by Gasteiger charge is -2.18. The molecule has 4 heteroatoms. The van der Waals surface area contributed by atoms with Gasteiger partial charge in [-0.2, -0.15) is 0 Å². The van der Waals surface area contributed by atoms with Crippen LogP contribution in [0.3, 0.4) is 0 Å². The van der Waals surface area contributed by atoms with Crippen molar-refractivity contribution in [2.45, 2.75) is 6.92 Å². The highest BCUT2D eigenvalue weighted by Crippen LogP contribution is 2.05. The molecule has 0 saturated carbocycles. The first-order valence-corrected chi connectivity index (χ1v) is 2.90. The van der Waals surface area contributed by atoms with Gasteiger partial charge < -0.3 is 5.11 Å². The molecule has 1 aliphatic heterocycles. The Morgan fingerprint density at radius 1 is 1.90 bits per heavy atom. The molecule has 0 fully saturated rings. The standard InChI is InChI=1S/C6H8N2O2/c1-5-4-7-2-3-8(5)6(9)10/h2,4H,3H2,1H3,(H,9,10). The molecule has 0 radical (unpaired) electrons. The van der Waals surface area contributed by atoms with Crippen molar-refractivity contribution in [2.24, 2.45) is 4.99 Å². The van der Waals surface area contributed by atoms with Gasteiger partial charge >= 0.3 is 6.09 Å². The summed E-state index contributed by atoms with van der Waals surface area (Å²) < 4.78 is 0. The van der Waals surface area contributed by atoms with E-state index in [9.17, 15) is 4.79 Å².